The summed E-state index contributed by atoms with van der Waals surface area (Å²) in [6.07, 6.45) is 0. The maximum absolute atomic E-state index is 12.9. The van der Waals surface area contributed by atoms with Gasteiger partial charge in [0, 0.05) is 30.7 Å². The van der Waals surface area contributed by atoms with Gasteiger partial charge >= 0.3 is 0 Å². The van der Waals surface area contributed by atoms with Gasteiger partial charge in [0.15, 0.2) is 4.90 Å². The third-order valence-electron chi connectivity index (χ3n) is 3.91. The average Bonchev–Trinajstić information content (AvgIpc) is 2.43. The van der Waals surface area contributed by atoms with E-state index in [-0.39, 0.29) is 28.7 Å². The summed E-state index contributed by atoms with van der Waals surface area (Å²) < 4.78 is 27.1. The molecule has 0 aliphatic carbocycles. The molecule has 3 unspecified atom stereocenters. The number of nitrogens with one attached hydrogen (secondary N) is 1. The Hall–Kier alpha value is -1.51. The minimum absolute atomic E-state index is 0.0151. The summed E-state index contributed by atoms with van der Waals surface area (Å²) in [5.74, 6) is 0. The summed E-state index contributed by atoms with van der Waals surface area (Å²) in [5.41, 5.74) is -0.386. The molecule has 1 aromatic rings. The van der Waals surface area contributed by atoms with Gasteiger partial charge in [-0.05, 0) is 26.8 Å². The summed E-state index contributed by atoms with van der Waals surface area (Å²) in [4.78, 5) is 10.2. The molecule has 0 radical (unpaired) electrons. The van der Waals surface area contributed by atoms with Gasteiger partial charge in [0.1, 0.15) is 0 Å². The molecule has 0 bridgehead atoms. The van der Waals surface area contributed by atoms with Gasteiger partial charge in [-0.25, -0.2) is 8.42 Å². The molecule has 2 rings (SSSR count). The standard InChI is InChI=1S/C13H19N3O4S/c1-9-8-14-10(2)11(3)15(9)21(19,20)13-7-5-4-6-12(13)16(17)18/h4-7,9-11,14H,8H2,1-3H3. The van der Waals surface area contributed by atoms with E-state index in [0.717, 1.165) is 0 Å². The molecule has 8 heteroatoms. The van der Waals surface area contributed by atoms with Crippen LogP contribution in [0.2, 0.25) is 0 Å². The van der Waals surface area contributed by atoms with Crippen LogP contribution in [0.5, 0.6) is 0 Å². The zero-order valence-corrected chi connectivity index (χ0v) is 13.0. The Morgan fingerprint density at radius 1 is 1.29 bits per heavy atom. The second-order valence-corrected chi connectivity index (χ2v) is 7.16. The number of nitro groups is 1. The highest BCUT2D eigenvalue weighted by Gasteiger charge is 2.41. The van der Waals surface area contributed by atoms with E-state index in [9.17, 15) is 18.5 Å². The predicted octanol–water partition coefficient (Wildman–Crippen LogP) is 1.35. The third kappa shape index (κ3) is 2.78. The first kappa shape index (κ1) is 15.9. The molecule has 0 amide bonds. The molecule has 7 nitrogen and oxygen atoms in total. The molecule has 1 fully saturated rings. The topological polar surface area (TPSA) is 92.6 Å². The van der Waals surface area contributed by atoms with Gasteiger partial charge in [-0.15, -0.1) is 0 Å². The first-order valence-electron chi connectivity index (χ1n) is 6.77. The lowest BCUT2D eigenvalue weighted by atomic mass is 10.1. The van der Waals surface area contributed by atoms with Gasteiger partial charge in [-0.1, -0.05) is 12.1 Å². The lowest BCUT2D eigenvalue weighted by Gasteiger charge is -2.41. The van der Waals surface area contributed by atoms with E-state index in [0.29, 0.717) is 6.54 Å². The molecule has 1 aromatic carbocycles. The number of piperazine rings is 1. The highest BCUT2D eigenvalue weighted by atomic mass is 32.2. The maximum Gasteiger partial charge on any atom is 0.289 e. The van der Waals surface area contributed by atoms with Crippen LogP contribution in [0, 0.1) is 10.1 Å². The number of para-hydroxylation sites is 1. The molecule has 0 saturated carbocycles. The number of hydrogen-bond donors (Lipinski definition) is 1. The lowest BCUT2D eigenvalue weighted by Crippen LogP contribution is -2.61. The molecule has 116 valence electrons. The van der Waals surface area contributed by atoms with Crippen LogP contribution in [0.15, 0.2) is 29.2 Å². The zero-order chi connectivity index (χ0) is 15.8. The maximum atomic E-state index is 12.9. The Balaban J connectivity index is 2.54. The van der Waals surface area contributed by atoms with Crippen molar-refractivity contribution >= 4 is 15.7 Å². The van der Waals surface area contributed by atoms with Gasteiger partial charge in [0.2, 0.25) is 10.0 Å². The number of benzene rings is 1. The first-order valence-corrected chi connectivity index (χ1v) is 8.21. The molecular weight excluding hydrogens is 294 g/mol. The van der Waals surface area contributed by atoms with E-state index in [4.69, 9.17) is 0 Å². The summed E-state index contributed by atoms with van der Waals surface area (Å²) in [7, 11) is -3.92. The number of nitrogens with zero attached hydrogens (tertiary/aromatic N) is 2. The molecular formula is C13H19N3O4S. The Morgan fingerprint density at radius 3 is 2.52 bits per heavy atom. The van der Waals surface area contributed by atoms with Crippen LogP contribution in [0.4, 0.5) is 5.69 Å². The summed E-state index contributed by atoms with van der Waals surface area (Å²) >= 11 is 0. The SMILES string of the molecule is CC1NCC(C)N(S(=O)(=O)c2ccccc2[N+](=O)[O-])C1C. The quantitative estimate of drug-likeness (QED) is 0.672. The molecule has 1 aliphatic heterocycles. The summed E-state index contributed by atoms with van der Waals surface area (Å²) in [6, 6.07) is 4.91. The largest absolute Gasteiger partial charge is 0.311 e. The van der Waals surface area contributed by atoms with Gasteiger partial charge in [0.05, 0.1) is 4.92 Å². The molecule has 1 saturated heterocycles. The van der Waals surface area contributed by atoms with Crippen LogP contribution >= 0.6 is 0 Å². The molecule has 0 spiro atoms. The molecule has 1 heterocycles. The van der Waals surface area contributed by atoms with Gasteiger partial charge < -0.3 is 5.32 Å². The fourth-order valence-corrected chi connectivity index (χ4v) is 4.69. The minimum Gasteiger partial charge on any atom is -0.311 e. The highest BCUT2D eigenvalue weighted by Crippen LogP contribution is 2.30. The van der Waals surface area contributed by atoms with Crippen LogP contribution < -0.4 is 5.32 Å². The van der Waals surface area contributed by atoms with Crippen molar-refractivity contribution in [2.24, 2.45) is 0 Å². The summed E-state index contributed by atoms with van der Waals surface area (Å²) in [6.45, 7) is 6.02. The average molecular weight is 313 g/mol. The minimum atomic E-state index is -3.92. The van der Waals surface area contributed by atoms with Crippen molar-refractivity contribution in [1.82, 2.24) is 9.62 Å². The number of hydrogen-bond acceptors (Lipinski definition) is 5. The zero-order valence-electron chi connectivity index (χ0n) is 12.2. The van der Waals surface area contributed by atoms with Crippen LogP contribution in [-0.4, -0.2) is 42.3 Å². The van der Waals surface area contributed by atoms with Crippen molar-refractivity contribution in [1.29, 1.82) is 0 Å². The Bertz CT molecular complexity index is 647. The molecule has 1 N–H and O–H groups in total. The molecule has 0 aromatic heterocycles. The van der Waals surface area contributed by atoms with Gasteiger partial charge in [-0.2, -0.15) is 4.31 Å². The fraction of sp³-hybridized carbons (Fsp3) is 0.538. The normalized spacial score (nSPS) is 27.5. The van der Waals surface area contributed by atoms with Crippen molar-refractivity contribution in [2.75, 3.05) is 6.54 Å². The van der Waals surface area contributed by atoms with Crippen molar-refractivity contribution in [3.63, 3.8) is 0 Å². The Morgan fingerprint density at radius 2 is 1.90 bits per heavy atom. The number of rotatable bonds is 3. The van der Waals surface area contributed by atoms with Crippen molar-refractivity contribution in [3.8, 4) is 0 Å². The van der Waals surface area contributed by atoms with E-state index in [1.165, 1.54) is 28.6 Å². The van der Waals surface area contributed by atoms with E-state index >= 15 is 0 Å². The lowest BCUT2D eigenvalue weighted by molar-refractivity contribution is -0.387. The monoisotopic (exact) mass is 313 g/mol. The fourth-order valence-electron chi connectivity index (χ4n) is 2.63. The number of sulfonamides is 1. The summed E-state index contributed by atoms with van der Waals surface area (Å²) in [5, 5.41) is 14.3. The van der Waals surface area contributed by atoms with Crippen molar-refractivity contribution in [3.05, 3.63) is 34.4 Å². The van der Waals surface area contributed by atoms with Gasteiger partial charge in [0.25, 0.3) is 5.69 Å². The van der Waals surface area contributed by atoms with Crippen LogP contribution in [0.1, 0.15) is 20.8 Å². The van der Waals surface area contributed by atoms with Crippen LogP contribution in [0.25, 0.3) is 0 Å². The smallest absolute Gasteiger partial charge is 0.289 e. The second-order valence-electron chi connectivity index (χ2n) is 5.35. The van der Waals surface area contributed by atoms with Crippen molar-refractivity contribution < 1.29 is 13.3 Å². The van der Waals surface area contributed by atoms with E-state index in [1.807, 2.05) is 6.92 Å². The molecule has 3 atom stereocenters. The highest BCUT2D eigenvalue weighted by molar-refractivity contribution is 7.89. The predicted molar refractivity (Wildman–Crippen MR) is 78.5 cm³/mol. The van der Waals surface area contributed by atoms with E-state index in [2.05, 4.69) is 5.32 Å². The Labute approximate surface area is 124 Å². The first-order chi connectivity index (χ1) is 9.76. The Kier molecular flexibility index (Phi) is 4.31. The van der Waals surface area contributed by atoms with Gasteiger partial charge in [-0.3, -0.25) is 10.1 Å². The second kappa shape index (κ2) is 5.70. The molecule has 1 aliphatic rings. The van der Waals surface area contributed by atoms with Crippen LogP contribution in [0.3, 0.4) is 0 Å². The molecule has 21 heavy (non-hydrogen) atoms. The third-order valence-corrected chi connectivity index (χ3v) is 6.06. The van der Waals surface area contributed by atoms with E-state index < -0.39 is 14.9 Å². The number of nitro benzene ring substituents is 1. The van der Waals surface area contributed by atoms with Crippen LogP contribution in [-0.2, 0) is 10.0 Å². The van der Waals surface area contributed by atoms with E-state index in [1.54, 1.807) is 13.8 Å². The van der Waals surface area contributed by atoms with Crippen molar-refractivity contribution in [2.45, 2.75) is 43.8 Å².